The zero-order chi connectivity index (χ0) is 30.9. The number of benzene rings is 2. The fourth-order valence-electron chi connectivity index (χ4n) is 6.08. The summed E-state index contributed by atoms with van der Waals surface area (Å²) in [5.41, 5.74) is 15.6. The molecule has 0 fully saturated rings. The highest BCUT2D eigenvalue weighted by atomic mass is 14.9. The van der Waals surface area contributed by atoms with Gasteiger partial charge in [-0.05, 0) is 109 Å². The molecule has 41 heavy (non-hydrogen) atoms. The van der Waals surface area contributed by atoms with Crippen LogP contribution in [0.4, 0.5) is 0 Å². The Morgan fingerprint density at radius 1 is 0.927 bits per heavy atom. The van der Waals surface area contributed by atoms with Gasteiger partial charge in [-0.3, -0.25) is 0 Å². The molecule has 0 amide bonds. The molecule has 4 rings (SSSR count). The highest BCUT2D eigenvalue weighted by Crippen LogP contribution is 2.41. The summed E-state index contributed by atoms with van der Waals surface area (Å²) in [5, 5.41) is 3.71. The number of fused-ring (bicyclic) bond motifs is 2. The van der Waals surface area contributed by atoms with Crippen LogP contribution in [-0.4, -0.2) is 6.04 Å². The molecule has 222 valence electrons. The molecule has 0 spiro atoms. The predicted molar refractivity (Wildman–Crippen MR) is 185 cm³/mol. The van der Waals surface area contributed by atoms with E-state index < -0.39 is 0 Å². The van der Waals surface area contributed by atoms with Crippen molar-refractivity contribution in [2.24, 2.45) is 5.92 Å². The molecule has 0 aromatic heterocycles. The summed E-state index contributed by atoms with van der Waals surface area (Å²) in [4.78, 5) is 0. The first kappa shape index (κ1) is 34.1. The van der Waals surface area contributed by atoms with E-state index in [1.807, 2.05) is 27.7 Å². The van der Waals surface area contributed by atoms with E-state index in [9.17, 15) is 0 Å². The number of nitrogens with one attached hydrogen (secondary N) is 1. The van der Waals surface area contributed by atoms with E-state index in [2.05, 4.69) is 122 Å². The maximum absolute atomic E-state index is 4.27. The van der Waals surface area contributed by atoms with Crippen molar-refractivity contribution in [3.63, 3.8) is 0 Å². The van der Waals surface area contributed by atoms with Crippen LogP contribution in [-0.2, 0) is 31.1 Å². The average Bonchev–Trinajstić information content (AvgIpc) is 3.57. The standard InChI is InChI=1S/C36H45N.2C2H6/c1-10-32(24(4)5)31-20-30-19-29(23(2)3)22-35(34(30)21-31)36(8,9)26(7)37-16-12-14-27-17-28-15-11-13-25(6)33(28)18-27;2*1-2/h10-16,19,22,24,26,37H,1-2,17-18,20-21H2,3-9H3;2*1-2H3/b16-12-,27-14-,32-31+;;. The van der Waals surface area contributed by atoms with Gasteiger partial charge in [0, 0.05) is 11.5 Å². The lowest BCUT2D eigenvalue weighted by Crippen LogP contribution is -2.41. The molecule has 1 unspecified atom stereocenters. The van der Waals surface area contributed by atoms with Gasteiger partial charge in [0.15, 0.2) is 0 Å². The zero-order valence-electron chi connectivity index (χ0n) is 28.1. The van der Waals surface area contributed by atoms with Gasteiger partial charge in [0.1, 0.15) is 0 Å². The van der Waals surface area contributed by atoms with Gasteiger partial charge < -0.3 is 5.32 Å². The third kappa shape index (κ3) is 7.82. The Balaban J connectivity index is 0.00000141. The third-order valence-electron chi connectivity index (χ3n) is 8.76. The quantitative estimate of drug-likeness (QED) is 0.344. The second kappa shape index (κ2) is 15.2. The Bertz CT molecular complexity index is 1310. The second-order valence-corrected chi connectivity index (χ2v) is 12.1. The Labute approximate surface area is 253 Å². The SMILES string of the molecule is C=C/C(=C1/Cc2cc(C(=C)C)cc(C(C)(C)C(C)N/C=C\C=C3\Cc4cccc(C)c4C3)c2C1)C(C)C.CC.CC. The van der Waals surface area contributed by atoms with Gasteiger partial charge in [-0.25, -0.2) is 0 Å². The summed E-state index contributed by atoms with van der Waals surface area (Å²) in [5.74, 6) is 0.496. The van der Waals surface area contributed by atoms with Crippen LogP contribution >= 0.6 is 0 Å². The minimum absolute atomic E-state index is 0.0463. The molecule has 2 aromatic rings. The summed E-state index contributed by atoms with van der Waals surface area (Å²) in [6.07, 6.45) is 12.9. The maximum atomic E-state index is 4.27. The summed E-state index contributed by atoms with van der Waals surface area (Å²) in [6, 6.07) is 11.7. The van der Waals surface area contributed by atoms with Crippen LogP contribution in [0, 0.1) is 12.8 Å². The first-order chi connectivity index (χ1) is 19.5. The van der Waals surface area contributed by atoms with Crippen molar-refractivity contribution in [2.45, 2.75) is 113 Å². The minimum atomic E-state index is -0.0463. The van der Waals surface area contributed by atoms with Crippen LogP contribution < -0.4 is 5.32 Å². The van der Waals surface area contributed by atoms with Gasteiger partial charge in [-0.1, -0.05) is 128 Å². The van der Waals surface area contributed by atoms with Crippen LogP contribution in [0.25, 0.3) is 5.57 Å². The highest BCUT2D eigenvalue weighted by molar-refractivity contribution is 5.66. The molecule has 0 bridgehead atoms. The lowest BCUT2D eigenvalue weighted by Gasteiger charge is -2.35. The van der Waals surface area contributed by atoms with Gasteiger partial charge in [0.25, 0.3) is 0 Å². The van der Waals surface area contributed by atoms with Gasteiger partial charge in [-0.2, -0.15) is 0 Å². The molecule has 0 saturated heterocycles. The molecule has 1 N–H and O–H groups in total. The van der Waals surface area contributed by atoms with Gasteiger partial charge >= 0.3 is 0 Å². The van der Waals surface area contributed by atoms with E-state index in [0.717, 1.165) is 31.3 Å². The van der Waals surface area contributed by atoms with Crippen molar-refractivity contribution in [2.75, 3.05) is 0 Å². The molecule has 2 aliphatic rings. The second-order valence-electron chi connectivity index (χ2n) is 12.1. The van der Waals surface area contributed by atoms with E-state index in [-0.39, 0.29) is 11.5 Å². The van der Waals surface area contributed by atoms with E-state index >= 15 is 0 Å². The van der Waals surface area contributed by atoms with Crippen molar-refractivity contribution in [3.8, 4) is 0 Å². The Kier molecular flexibility index (Phi) is 12.7. The van der Waals surface area contributed by atoms with Gasteiger partial charge in [-0.15, -0.1) is 0 Å². The first-order valence-corrected chi connectivity index (χ1v) is 15.9. The zero-order valence-corrected chi connectivity index (χ0v) is 28.1. The topological polar surface area (TPSA) is 12.0 Å². The lowest BCUT2D eigenvalue weighted by molar-refractivity contribution is 0.391. The average molecular weight is 552 g/mol. The fraction of sp³-hybridized carbons (Fsp3) is 0.450. The van der Waals surface area contributed by atoms with Crippen molar-refractivity contribution in [1.29, 1.82) is 0 Å². The number of hydrogen-bond acceptors (Lipinski definition) is 1. The smallest absolute Gasteiger partial charge is 0.0319 e. The maximum Gasteiger partial charge on any atom is 0.0319 e. The van der Waals surface area contributed by atoms with Crippen LogP contribution in [0.1, 0.15) is 108 Å². The van der Waals surface area contributed by atoms with E-state index in [1.54, 1.807) is 0 Å². The Morgan fingerprint density at radius 2 is 1.61 bits per heavy atom. The first-order valence-electron chi connectivity index (χ1n) is 15.9. The molecule has 1 atom stereocenters. The van der Waals surface area contributed by atoms with E-state index in [4.69, 9.17) is 0 Å². The number of aryl methyl sites for hydroxylation is 1. The third-order valence-corrected chi connectivity index (χ3v) is 8.76. The number of allylic oxidation sites excluding steroid dienone is 7. The van der Waals surface area contributed by atoms with Crippen LogP contribution in [0.5, 0.6) is 0 Å². The molecule has 0 heterocycles. The Hall–Kier alpha value is -3.06. The molecule has 1 heteroatoms. The molecular formula is C40H57N. The van der Waals surface area contributed by atoms with Crippen LogP contribution in [0.3, 0.4) is 0 Å². The fourth-order valence-corrected chi connectivity index (χ4v) is 6.08. The normalized spacial score (nSPS) is 16.8. The van der Waals surface area contributed by atoms with Gasteiger partial charge in [0.05, 0.1) is 0 Å². The summed E-state index contributed by atoms with van der Waals surface area (Å²) in [6.45, 7) is 32.4. The number of hydrogen-bond donors (Lipinski definition) is 1. The number of rotatable bonds is 8. The predicted octanol–water partition coefficient (Wildman–Crippen LogP) is 10.8. The summed E-state index contributed by atoms with van der Waals surface area (Å²) in [7, 11) is 0. The minimum Gasteiger partial charge on any atom is -0.388 e. The van der Waals surface area contributed by atoms with Crippen LogP contribution in [0.15, 0.2) is 84.6 Å². The van der Waals surface area contributed by atoms with Crippen molar-refractivity contribution in [3.05, 3.63) is 124 Å². The molecule has 1 nitrogen and oxygen atoms in total. The largest absolute Gasteiger partial charge is 0.388 e. The van der Waals surface area contributed by atoms with Gasteiger partial charge in [0.2, 0.25) is 0 Å². The van der Waals surface area contributed by atoms with E-state index in [1.165, 1.54) is 55.7 Å². The van der Waals surface area contributed by atoms with Crippen molar-refractivity contribution in [1.82, 2.24) is 5.32 Å². The highest BCUT2D eigenvalue weighted by Gasteiger charge is 2.33. The molecule has 2 aromatic carbocycles. The molecule has 2 aliphatic carbocycles. The monoisotopic (exact) mass is 551 g/mol. The van der Waals surface area contributed by atoms with Crippen LogP contribution in [0.2, 0.25) is 0 Å². The molecular weight excluding hydrogens is 494 g/mol. The molecule has 0 aliphatic heterocycles. The van der Waals surface area contributed by atoms with Crippen molar-refractivity contribution >= 4 is 5.57 Å². The summed E-state index contributed by atoms with van der Waals surface area (Å²) >= 11 is 0. The molecule has 0 saturated carbocycles. The lowest BCUT2D eigenvalue weighted by atomic mass is 9.74. The van der Waals surface area contributed by atoms with E-state index in [0.29, 0.717) is 5.92 Å². The Morgan fingerprint density at radius 3 is 2.20 bits per heavy atom. The van der Waals surface area contributed by atoms with Crippen molar-refractivity contribution < 1.29 is 0 Å². The molecule has 0 radical (unpaired) electrons. The summed E-state index contributed by atoms with van der Waals surface area (Å²) < 4.78 is 0.